The molecule has 1 saturated heterocycles. The Morgan fingerprint density at radius 2 is 2.33 bits per heavy atom. The summed E-state index contributed by atoms with van der Waals surface area (Å²) < 4.78 is 18.5. The van der Waals surface area contributed by atoms with E-state index in [1.165, 1.54) is 18.2 Å². The molecule has 1 aromatic rings. The number of amides is 1. The highest BCUT2D eigenvalue weighted by atomic mass is 35.5. The fraction of sp³-hybridized carbons (Fsp3) is 0.533. The Hall–Kier alpha value is -1.33. The number of benzene rings is 1. The maximum Gasteiger partial charge on any atom is 0.260 e. The number of carbonyl (C=O) groups is 1. The van der Waals surface area contributed by atoms with Crippen molar-refractivity contribution in [2.24, 2.45) is 5.73 Å². The van der Waals surface area contributed by atoms with E-state index in [9.17, 15) is 9.18 Å². The van der Waals surface area contributed by atoms with Gasteiger partial charge >= 0.3 is 0 Å². The summed E-state index contributed by atoms with van der Waals surface area (Å²) in [5.74, 6) is -0.232. The zero-order valence-corrected chi connectivity index (χ0v) is 12.8. The standard InChI is InChI=1S/C15H20ClFN2O2/c1-10(18)14-4-2-3-7-19(14)15(20)9-21-11-5-6-13(17)12(16)8-11/h5-6,8,10,14H,2-4,7,9,18H2,1H3. The van der Waals surface area contributed by atoms with E-state index in [0.29, 0.717) is 12.3 Å². The van der Waals surface area contributed by atoms with Crippen LogP contribution in [0.3, 0.4) is 0 Å². The molecule has 1 fully saturated rings. The third kappa shape index (κ3) is 4.08. The summed E-state index contributed by atoms with van der Waals surface area (Å²) in [5, 5.41) is -0.0219. The van der Waals surface area contributed by atoms with Crippen LogP contribution in [0, 0.1) is 5.82 Å². The second-order valence-electron chi connectivity index (χ2n) is 5.37. The normalized spacial score (nSPS) is 20.2. The summed E-state index contributed by atoms with van der Waals surface area (Å²) in [6.45, 7) is 2.53. The Bertz CT molecular complexity index is 510. The van der Waals surface area contributed by atoms with Crippen molar-refractivity contribution in [3.05, 3.63) is 29.0 Å². The van der Waals surface area contributed by atoms with E-state index in [-0.39, 0.29) is 29.6 Å². The molecule has 0 bridgehead atoms. The van der Waals surface area contributed by atoms with Gasteiger partial charge in [-0.1, -0.05) is 11.6 Å². The second-order valence-corrected chi connectivity index (χ2v) is 5.78. The van der Waals surface area contributed by atoms with Gasteiger partial charge in [-0.15, -0.1) is 0 Å². The van der Waals surface area contributed by atoms with E-state index in [2.05, 4.69) is 0 Å². The van der Waals surface area contributed by atoms with Crippen molar-refractivity contribution in [3.63, 3.8) is 0 Å². The molecule has 116 valence electrons. The monoisotopic (exact) mass is 314 g/mol. The number of likely N-dealkylation sites (tertiary alicyclic amines) is 1. The first-order valence-corrected chi connectivity index (χ1v) is 7.49. The SMILES string of the molecule is CC(N)C1CCCCN1C(=O)COc1ccc(F)c(Cl)c1. The van der Waals surface area contributed by atoms with Gasteiger partial charge in [-0.05, 0) is 38.3 Å². The summed E-state index contributed by atoms with van der Waals surface area (Å²) in [6, 6.07) is 4.03. The molecule has 0 saturated carbocycles. The Morgan fingerprint density at radius 1 is 1.57 bits per heavy atom. The number of nitrogens with zero attached hydrogens (tertiary/aromatic N) is 1. The molecule has 1 aliphatic rings. The van der Waals surface area contributed by atoms with Crippen LogP contribution in [0.1, 0.15) is 26.2 Å². The number of nitrogens with two attached hydrogens (primary N) is 1. The highest BCUT2D eigenvalue weighted by Gasteiger charge is 2.29. The number of carbonyl (C=O) groups excluding carboxylic acids is 1. The molecular formula is C15H20ClFN2O2. The van der Waals surface area contributed by atoms with Crippen molar-refractivity contribution in [3.8, 4) is 5.75 Å². The van der Waals surface area contributed by atoms with Gasteiger partial charge in [-0.2, -0.15) is 0 Å². The van der Waals surface area contributed by atoms with Gasteiger partial charge in [0.25, 0.3) is 5.91 Å². The zero-order chi connectivity index (χ0) is 15.4. The third-order valence-corrected chi connectivity index (χ3v) is 4.02. The quantitative estimate of drug-likeness (QED) is 0.929. The van der Waals surface area contributed by atoms with Crippen molar-refractivity contribution in [1.82, 2.24) is 4.90 Å². The average Bonchev–Trinajstić information content (AvgIpc) is 2.48. The fourth-order valence-corrected chi connectivity index (χ4v) is 2.78. The van der Waals surface area contributed by atoms with E-state index in [1.54, 1.807) is 4.90 Å². The van der Waals surface area contributed by atoms with E-state index < -0.39 is 5.82 Å². The molecule has 1 heterocycles. The topological polar surface area (TPSA) is 55.6 Å². The third-order valence-electron chi connectivity index (χ3n) is 3.73. The molecule has 2 unspecified atom stereocenters. The van der Waals surface area contributed by atoms with Gasteiger partial charge < -0.3 is 15.4 Å². The number of piperidine rings is 1. The maximum absolute atomic E-state index is 13.1. The Kier molecular flexibility index (Phi) is 5.42. The smallest absolute Gasteiger partial charge is 0.260 e. The molecule has 2 atom stereocenters. The lowest BCUT2D eigenvalue weighted by Crippen LogP contribution is -2.52. The Labute approximate surface area is 129 Å². The van der Waals surface area contributed by atoms with E-state index >= 15 is 0 Å². The van der Waals surface area contributed by atoms with Crippen LogP contribution in [0.15, 0.2) is 18.2 Å². The molecule has 2 N–H and O–H groups in total. The zero-order valence-electron chi connectivity index (χ0n) is 12.0. The predicted octanol–water partition coefficient (Wildman–Crippen LogP) is 2.59. The molecule has 0 aliphatic carbocycles. The molecule has 21 heavy (non-hydrogen) atoms. The minimum Gasteiger partial charge on any atom is -0.484 e. The maximum atomic E-state index is 13.1. The van der Waals surface area contributed by atoms with Crippen LogP contribution in [-0.2, 0) is 4.79 Å². The molecule has 1 amide bonds. The summed E-state index contributed by atoms with van der Waals surface area (Å²) >= 11 is 5.68. The molecule has 2 rings (SSSR count). The van der Waals surface area contributed by atoms with Gasteiger partial charge in [-0.25, -0.2) is 4.39 Å². The fourth-order valence-electron chi connectivity index (χ4n) is 2.61. The molecule has 6 heteroatoms. The summed E-state index contributed by atoms with van der Waals surface area (Å²) in [4.78, 5) is 14.1. The van der Waals surface area contributed by atoms with Crippen LogP contribution in [0.4, 0.5) is 4.39 Å². The first kappa shape index (κ1) is 16.0. The van der Waals surface area contributed by atoms with Gasteiger partial charge in [0.2, 0.25) is 0 Å². The van der Waals surface area contributed by atoms with Gasteiger partial charge in [-0.3, -0.25) is 4.79 Å². The average molecular weight is 315 g/mol. The molecule has 0 spiro atoms. The van der Waals surface area contributed by atoms with Crippen LogP contribution in [0.2, 0.25) is 5.02 Å². The highest BCUT2D eigenvalue weighted by Crippen LogP contribution is 2.22. The summed E-state index contributed by atoms with van der Waals surface area (Å²) in [6.07, 6.45) is 2.99. The second kappa shape index (κ2) is 7.09. The van der Waals surface area contributed by atoms with Crippen molar-refractivity contribution < 1.29 is 13.9 Å². The first-order valence-electron chi connectivity index (χ1n) is 7.12. The van der Waals surface area contributed by atoms with Crippen LogP contribution in [-0.4, -0.2) is 36.0 Å². The van der Waals surface area contributed by atoms with Gasteiger partial charge in [0.15, 0.2) is 6.61 Å². The molecular weight excluding hydrogens is 295 g/mol. The molecule has 4 nitrogen and oxygen atoms in total. The molecule has 1 aromatic carbocycles. The van der Waals surface area contributed by atoms with Crippen molar-refractivity contribution in [1.29, 1.82) is 0 Å². The number of halogens is 2. The number of hydrogen-bond donors (Lipinski definition) is 1. The Morgan fingerprint density at radius 3 is 3.00 bits per heavy atom. The van der Waals surface area contributed by atoms with Crippen molar-refractivity contribution >= 4 is 17.5 Å². The largest absolute Gasteiger partial charge is 0.484 e. The minimum absolute atomic E-state index is 0.0219. The number of ether oxygens (including phenoxy) is 1. The highest BCUT2D eigenvalue weighted by molar-refractivity contribution is 6.30. The lowest BCUT2D eigenvalue weighted by molar-refractivity contribution is -0.137. The molecule has 0 aromatic heterocycles. The Balaban J connectivity index is 1.95. The van der Waals surface area contributed by atoms with E-state index in [4.69, 9.17) is 22.1 Å². The summed E-state index contributed by atoms with van der Waals surface area (Å²) in [7, 11) is 0. The van der Waals surface area contributed by atoms with Gasteiger partial charge in [0.1, 0.15) is 11.6 Å². The molecule has 0 radical (unpaired) electrons. The van der Waals surface area contributed by atoms with E-state index in [1.807, 2.05) is 6.92 Å². The first-order chi connectivity index (χ1) is 9.99. The van der Waals surface area contributed by atoms with Crippen molar-refractivity contribution in [2.45, 2.75) is 38.3 Å². The summed E-state index contributed by atoms with van der Waals surface area (Å²) in [5.41, 5.74) is 5.95. The van der Waals surface area contributed by atoms with E-state index in [0.717, 1.165) is 19.3 Å². The van der Waals surface area contributed by atoms with Crippen LogP contribution in [0.5, 0.6) is 5.75 Å². The van der Waals surface area contributed by atoms with Gasteiger partial charge in [0.05, 0.1) is 5.02 Å². The lowest BCUT2D eigenvalue weighted by Gasteiger charge is -2.38. The van der Waals surface area contributed by atoms with Crippen LogP contribution >= 0.6 is 11.6 Å². The lowest BCUT2D eigenvalue weighted by atomic mass is 9.97. The van der Waals surface area contributed by atoms with Crippen LogP contribution in [0.25, 0.3) is 0 Å². The molecule has 1 aliphatic heterocycles. The van der Waals surface area contributed by atoms with Crippen LogP contribution < -0.4 is 10.5 Å². The van der Waals surface area contributed by atoms with Crippen molar-refractivity contribution in [2.75, 3.05) is 13.2 Å². The van der Waals surface area contributed by atoms with Gasteiger partial charge in [0, 0.05) is 24.7 Å². The number of hydrogen-bond acceptors (Lipinski definition) is 3. The number of rotatable bonds is 4. The minimum atomic E-state index is -0.511. The predicted molar refractivity (Wildman–Crippen MR) is 79.9 cm³/mol.